The molecule has 0 fully saturated rings. The zero-order valence-corrected chi connectivity index (χ0v) is 18.1. The lowest BCUT2D eigenvalue weighted by atomic mass is 9.86. The second kappa shape index (κ2) is 8.84. The Bertz CT molecular complexity index is 1270. The molecule has 2 aromatic carbocycles. The molecule has 1 aromatic heterocycles. The molecule has 1 atom stereocenters. The summed E-state index contributed by atoms with van der Waals surface area (Å²) >= 11 is 0. The van der Waals surface area contributed by atoms with E-state index in [2.05, 4.69) is 5.32 Å². The van der Waals surface area contributed by atoms with Gasteiger partial charge in [-0.1, -0.05) is 26.8 Å². The van der Waals surface area contributed by atoms with E-state index in [0.29, 0.717) is 16.5 Å². The molecule has 1 unspecified atom stereocenters. The smallest absolute Gasteiger partial charge is 0.336 e. The van der Waals surface area contributed by atoms with E-state index in [-0.39, 0.29) is 12.0 Å². The molecule has 3 aromatic rings. The van der Waals surface area contributed by atoms with Crippen molar-refractivity contribution in [3.63, 3.8) is 0 Å². The highest BCUT2D eigenvalue weighted by Gasteiger charge is 2.29. The largest absolute Gasteiger partial charge is 0.475 e. The first-order valence-electron chi connectivity index (χ1n) is 9.84. The van der Waals surface area contributed by atoms with Crippen LogP contribution in [0.15, 0.2) is 33.5 Å². The number of ether oxygens (including phenoxy) is 1. The van der Waals surface area contributed by atoms with Crippen molar-refractivity contribution in [1.82, 2.24) is 5.32 Å². The molecule has 1 amide bonds. The van der Waals surface area contributed by atoms with Crippen LogP contribution in [0.2, 0.25) is 0 Å². The van der Waals surface area contributed by atoms with Gasteiger partial charge in [0, 0.05) is 18.0 Å². The molecule has 0 radical (unpaired) electrons. The van der Waals surface area contributed by atoms with Crippen LogP contribution in [0.5, 0.6) is 5.75 Å². The van der Waals surface area contributed by atoms with Gasteiger partial charge in [-0.25, -0.2) is 18.0 Å². The van der Waals surface area contributed by atoms with Gasteiger partial charge in [0.15, 0.2) is 11.9 Å². The van der Waals surface area contributed by atoms with E-state index in [1.807, 2.05) is 32.9 Å². The van der Waals surface area contributed by atoms with Gasteiger partial charge in [0.05, 0.1) is 0 Å². The monoisotopic (exact) mass is 469 g/mol. The number of fused-ring (bicyclic) bond motifs is 1. The van der Waals surface area contributed by atoms with Crippen LogP contribution in [0.4, 0.5) is 22.0 Å². The van der Waals surface area contributed by atoms with Gasteiger partial charge in [0.25, 0.3) is 5.91 Å². The van der Waals surface area contributed by atoms with Gasteiger partial charge in [-0.2, -0.15) is 8.78 Å². The molecular formula is C23H20F5NO4. The maximum atomic E-state index is 13.8. The van der Waals surface area contributed by atoms with E-state index in [1.165, 1.54) is 6.07 Å². The van der Waals surface area contributed by atoms with Crippen LogP contribution >= 0.6 is 0 Å². The molecule has 1 N–H and O–H groups in total. The normalized spacial score (nSPS) is 12.6. The fourth-order valence-electron chi connectivity index (χ4n) is 3.09. The van der Waals surface area contributed by atoms with Crippen molar-refractivity contribution in [2.24, 2.45) is 0 Å². The van der Waals surface area contributed by atoms with Crippen molar-refractivity contribution < 1.29 is 35.9 Å². The van der Waals surface area contributed by atoms with Gasteiger partial charge in [0.2, 0.25) is 29.1 Å². The van der Waals surface area contributed by atoms with Crippen molar-refractivity contribution in [2.45, 2.75) is 45.8 Å². The zero-order chi connectivity index (χ0) is 24.7. The number of hydrogen-bond acceptors (Lipinski definition) is 4. The Morgan fingerprint density at radius 3 is 2.15 bits per heavy atom. The second-order valence-corrected chi connectivity index (χ2v) is 8.43. The van der Waals surface area contributed by atoms with Crippen molar-refractivity contribution in [1.29, 1.82) is 0 Å². The van der Waals surface area contributed by atoms with Crippen molar-refractivity contribution in [2.75, 3.05) is 0 Å². The van der Waals surface area contributed by atoms with Gasteiger partial charge in [0.1, 0.15) is 5.58 Å². The second-order valence-electron chi connectivity index (χ2n) is 8.43. The first-order chi connectivity index (χ1) is 15.3. The average Bonchev–Trinajstić information content (AvgIpc) is 2.76. The van der Waals surface area contributed by atoms with Crippen molar-refractivity contribution in [3.8, 4) is 5.75 Å². The van der Waals surface area contributed by atoms with Crippen LogP contribution in [-0.4, -0.2) is 12.0 Å². The summed E-state index contributed by atoms with van der Waals surface area (Å²) in [6, 6.07) is 6.45. The summed E-state index contributed by atoms with van der Waals surface area (Å²) in [6.45, 7) is 6.87. The Balaban J connectivity index is 1.83. The molecule has 0 saturated carbocycles. The van der Waals surface area contributed by atoms with E-state index in [0.717, 1.165) is 12.5 Å². The Morgan fingerprint density at radius 2 is 1.58 bits per heavy atom. The third-order valence-corrected chi connectivity index (χ3v) is 4.98. The molecule has 0 aliphatic carbocycles. The SMILES string of the molecule is CC(Oc1c(F)c(F)c(F)c(F)c1F)C(=O)NCc1cc(=O)oc2ccc(C(C)(C)C)cc12. The number of carbonyl (C=O) groups excluding carboxylic acids is 1. The van der Waals surface area contributed by atoms with Gasteiger partial charge in [-0.05, 0) is 35.6 Å². The van der Waals surface area contributed by atoms with E-state index in [9.17, 15) is 31.5 Å². The first-order valence-corrected chi connectivity index (χ1v) is 9.84. The molecule has 10 heteroatoms. The Hall–Kier alpha value is -3.43. The highest BCUT2D eigenvalue weighted by Crippen LogP contribution is 2.30. The summed E-state index contributed by atoms with van der Waals surface area (Å²) in [5.41, 5.74) is 0.788. The summed E-state index contributed by atoms with van der Waals surface area (Å²) in [5.74, 6) is -13.6. The van der Waals surface area contributed by atoms with Crippen molar-refractivity contribution in [3.05, 3.63) is 74.9 Å². The Kier molecular flexibility index (Phi) is 6.49. The standard InChI is InChI=1S/C23H20F5NO4/c1-10(32-21-19(27)17(25)16(24)18(26)20(21)28)22(31)29-9-11-7-15(30)33-14-6-5-12(8-13(11)14)23(2,3)4/h5-8,10H,9H2,1-4H3,(H,29,31). The fraction of sp³-hybridized carbons (Fsp3) is 0.304. The van der Waals surface area contributed by atoms with Gasteiger partial charge in [-0.3, -0.25) is 4.79 Å². The molecule has 5 nitrogen and oxygen atoms in total. The van der Waals surface area contributed by atoms with Crippen LogP contribution in [0.3, 0.4) is 0 Å². The first kappa shape index (κ1) is 24.2. The summed E-state index contributed by atoms with van der Waals surface area (Å²) < 4.78 is 77.4. The summed E-state index contributed by atoms with van der Waals surface area (Å²) in [7, 11) is 0. The molecule has 0 aliphatic heterocycles. The molecule has 0 aliphatic rings. The molecular weight excluding hydrogens is 449 g/mol. The quantitative estimate of drug-likeness (QED) is 0.251. The summed E-state index contributed by atoms with van der Waals surface area (Å²) in [6.07, 6.45) is -1.62. The molecule has 33 heavy (non-hydrogen) atoms. The number of amides is 1. The number of benzene rings is 2. The average molecular weight is 469 g/mol. The number of hydrogen-bond donors (Lipinski definition) is 1. The minimum absolute atomic E-state index is 0.181. The van der Waals surface area contributed by atoms with E-state index in [4.69, 9.17) is 9.15 Å². The molecule has 0 spiro atoms. The predicted octanol–water partition coefficient (Wildman–Crippen LogP) is 4.87. The lowest BCUT2D eigenvalue weighted by Crippen LogP contribution is -2.36. The highest BCUT2D eigenvalue weighted by molar-refractivity contribution is 5.83. The van der Waals surface area contributed by atoms with Gasteiger partial charge >= 0.3 is 5.63 Å². The maximum absolute atomic E-state index is 13.8. The van der Waals surface area contributed by atoms with Gasteiger partial charge in [-0.15, -0.1) is 0 Å². The van der Waals surface area contributed by atoms with E-state index < -0.39 is 52.5 Å². The van der Waals surface area contributed by atoms with Gasteiger partial charge < -0.3 is 14.5 Å². The minimum atomic E-state index is -2.33. The Labute approximate surface area is 185 Å². The molecule has 176 valence electrons. The highest BCUT2D eigenvalue weighted by atomic mass is 19.2. The van der Waals surface area contributed by atoms with Crippen molar-refractivity contribution >= 4 is 16.9 Å². The topological polar surface area (TPSA) is 68.5 Å². The fourth-order valence-corrected chi connectivity index (χ4v) is 3.09. The number of nitrogens with one attached hydrogen (secondary N) is 1. The van der Waals surface area contributed by atoms with Crippen LogP contribution in [0.25, 0.3) is 11.0 Å². The van der Waals surface area contributed by atoms with Crippen LogP contribution in [0, 0.1) is 29.1 Å². The third-order valence-electron chi connectivity index (χ3n) is 4.98. The number of carbonyl (C=O) groups is 1. The van der Waals surface area contributed by atoms with Crippen LogP contribution < -0.4 is 15.7 Å². The molecule has 0 saturated heterocycles. The molecule has 3 rings (SSSR count). The van der Waals surface area contributed by atoms with Crippen LogP contribution in [-0.2, 0) is 16.8 Å². The number of halogens is 5. The van der Waals surface area contributed by atoms with E-state index >= 15 is 0 Å². The summed E-state index contributed by atoms with van der Waals surface area (Å²) in [4.78, 5) is 24.3. The lowest BCUT2D eigenvalue weighted by Gasteiger charge is -2.20. The maximum Gasteiger partial charge on any atom is 0.336 e. The molecule has 0 bridgehead atoms. The summed E-state index contributed by atoms with van der Waals surface area (Å²) in [5, 5.41) is 2.99. The van der Waals surface area contributed by atoms with E-state index in [1.54, 1.807) is 6.07 Å². The minimum Gasteiger partial charge on any atom is -0.475 e. The third kappa shape index (κ3) is 4.84. The predicted molar refractivity (Wildman–Crippen MR) is 109 cm³/mol. The van der Waals surface area contributed by atoms with Crippen LogP contribution in [0.1, 0.15) is 38.8 Å². The Morgan fingerprint density at radius 1 is 1.00 bits per heavy atom. The molecule has 1 heterocycles. The zero-order valence-electron chi connectivity index (χ0n) is 18.1. The lowest BCUT2D eigenvalue weighted by molar-refractivity contribution is -0.127. The number of rotatable bonds is 5.